The maximum atomic E-state index is 13.6. The number of likely N-dealkylation sites (N-methyl/N-ethyl adjacent to an activating group) is 2. The number of rotatable bonds is 17. The van der Waals surface area contributed by atoms with Crippen LogP contribution in [-0.2, 0) is 27.2 Å². The molecular weight excluding hydrogens is 982 g/mol. The number of ether oxygens (including phenoxy) is 1. The van der Waals surface area contributed by atoms with Crippen LogP contribution in [0.1, 0.15) is 47.3 Å². The van der Waals surface area contributed by atoms with Gasteiger partial charge >= 0.3 is 6.09 Å². The van der Waals surface area contributed by atoms with Gasteiger partial charge in [-0.05, 0) is 82.5 Å². The van der Waals surface area contributed by atoms with Crippen molar-refractivity contribution in [2.24, 2.45) is 5.11 Å². The van der Waals surface area contributed by atoms with Crippen molar-refractivity contribution in [2.75, 3.05) is 32.6 Å². The molecule has 370 valence electrons. The molecule has 0 aliphatic carbocycles. The summed E-state index contributed by atoms with van der Waals surface area (Å²) in [4.78, 5) is 61.7. The molecule has 2 N–H and O–H groups in total. The molecule has 0 aliphatic heterocycles. The zero-order chi connectivity index (χ0) is 49.6. The Morgan fingerprint density at radius 3 is 1.73 bits per heavy atom. The van der Waals surface area contributed by atoms with Crippen LogP contribution in [0.4, 0.5) is 19.4 Å². The standard InChI is InChI=1S/C25H25ClFN3O3.C15H19ClFNO2.C10H6N4O.2H2S/c1-3-7-20(30(2)23(31)13-12-17-10-6-11-21(27)24(17)26)16-33-25(32)29-22-14-18-8-4-5-9-19(18)15-28-22;1-3-5-12(10-19)18(2)14(20)9-8-11-6-4-7-13(17)15(11)16;11-14-13-10(15)9-5-7-3-1-2-4-8(7)6-12-9;;/h3-6,8-11,14-15,20H,1,7,12-13,16H2,2H3,(H,28,29,32);3-4,6-7,12,19H,1,5,8-10H2,2H3;1-6H;2*1H2/t20-;12-;;;/m00.../s1. The summed E-state index contributed by atoms with van der Waals surface area (Å²) < 4.78 is 32.2. The summed E-state index contributed by atoms with van der Waals surface area (Å²) in [5, 5.41) is 18.6. The average molecular weight is 1040 g/mol. The molecule has 4 amide bonds. The second kappa shape index (κ2) is 30.9. The van der Waals surface area contributed by atoms with Crippen LogP contribution in [0.5, 0.6) is 0 Å². The van der Waals surface area contributed by atoms with E-state index in [4.69, 9.17) is 33.5 Å². The number of anilines is 1. The van der Waals surface area contributed by atoms with Crippen LogP contribution >= 0.6 is 50.2 Å². The van der Waals surface area contributed by atoms with Crippen LogP contribution in [0.15, 0.2) is 140 Å². The number of azide groups is 1. The number of nitrogens with one attached hydrogen (secondary N) is 1. The number of carbonyl (C=O) groups is 4. The Hall–Kier alpha value is -6.53. The van der Waals surface area contributed by atoms with Crippen LogP contribution in [0.2, 0.25) is 10.0 Å². The van der Waals surface area contributed by atoms with Crippen LogP contribution in [0.25, 0.3) is 32.0 Å². The fraction of sp³-hybridized carbons (Fsp3) is 0.240. The van der Waals surface area contributed by atoms with E-state index in [0.717, 1.165) is 21.5 Å². The quantitative estimate of drug-likeness (QED) is 0.0390. The predicted molar refractivity (Wildman–Crippen MR) is 282 cm³/mol. The lowest BCUT2D eigenvalue weighted by molar-refractivity contribution is -0.133. The number of aliphatic hydroxyl groups is 1. The van der Waals surface area contributed by atoms with Crippen molar-refractivity contribution in [3.8, 4) is 0 Å². The molecule has 2 aromatic heterocycles. The van der Waals surface area contributed by atoms with E-state index in [1.807, 2.05) is 48.5 Å². The molecule has 14 nitrogen and oxygen atoms in total. The number of hydrogen-bond acceptors (Lipinski definition) is 8. The number of amides is 4. The van der Waals surface area contributed by atoms with Gasteiger partial charge < -0.3 is 19.6 Å². The number of benzene rings is 4. The lowest BCUT2D eigenvalue weighted by Crippen LogP contribution is -2.40. The average Bonchev–Trinajstić information content (AvgIpc) is 3.35. The SMILES string of the molecule is C=CC[C@@H](CO)N(C)C(=O)CCc1cccc(F)c1Cl.C=CC[C@@H](COC(=O)Nc1cc2ccccc2cn1)N(C)C(=O)CCc1cccc(F)c1Cl.S.S.[N-]=[N+]=NC(=O)c1cc2ccccc2cn1. The maximum absolute atomic E-state index is 13.6. The van der Waals surface area contributed by atoms with Gasteiger partial charge in [-0.15, -0.1) is 13.2 Å². The van der Waals surface area contributed by atoms with E-state index in [-0.39, 0.29) is 86.6 Å². The number of pyridine rings is 2. The number of aromatic nitrogens is 2. The van der Waals surface area contributed by atoms with E-state index in [2.05, 4.69) is 38.5 Å². The van der Waals surface area contributed by atoms with Crippen molar-refractivity contribution in [3.05, 3.63) is 184 Å². The molecule has 0 saturated carbocycles. The lowest BCUT2D eigenvalue weighted by atomic mass is 10.1. The van der Waals surface area contributed by atoms with Gasteiger partial charge in [0, 0.05) is 55.0 Å². The highest BCUT2D eigenvalue weighted by Crippen LogP contribution is 2.23. The van der Waals surface area contributed by atoms with Crippen LogP contribution in [0, 0.1) is 11.6 Å². The van der Waals surface area contributed by atoms with Gasteiger partial charge in [0.2, 0.25) is 11.8 Å². The number of fused-ring (bicyclic) bond motifs is 2. The first kappa shape index (κ1) is 59.6. The minimum atomic E-state index is -0.667. The van der Waals surface area contributed by atoms with Crippen LogP contribution < -0.4 is 5.32 Å². The third-order valence-electron chi connectivity index (χ3n) is 10.5. The van der Waals surface area contributed by atoms with E-state index in [1.165, 1.54) is 21.9 Å². The Bertz CT molecular complexity index is 2790. The smallest absolute Gasteiger partial charge is 0.412 e. The van der Waals surface area contributed by atoms with E-state index in [9.17, 15) is 33.1 Å². The highest BCUT2D eigenvalue weighted by Gasteiger charge is 2.22. The largest absolute Gasteiger partial charge is 0.447 e. The van der Waals surface area contributed by atoms with Crippen molar-refractivity contribution in [2.45, 2.75) is 50.6 Å². The third-order valence-corrected chi connectivity index (χ3v) is 11.4. The summed E-state index contributed by atoms with van der Waals surface area (Å²) in [6, 6.07) is 26.9. The van der Waals surface area contributed by atoms with Gasteiger partial charge in [-0.3, -0.25) is 24.7 Å². The molecule has 0 bridgehead atoms. The molecule has 0 saturated heterocycles. The van der Waals surface area contributed by atoms with Crippen molar-refractivity contribution >= 4 is 101 Å². The first-order valence-corrected chi connectivity index (χ1v) is 21.9. The first-order chi connectivity index (χ1) is 32.7. The van der Waals surface area contributed by atoms with Gasteiger partial charge in [0.05, 0.1) is 28.7 Å². The molecule has 0 unspecified atom stereocenters. The molecule has 0 spiro atoms. The van der Waals surface area contributed by atoms with Gasteiger partial charge in [0.15, 0.2) is 0 Å². The van der Waals surface area contributed by atoms with Gasteiger partial charge in [-0.2, -0.15) is 27.0 Å². The van der Waals surface area contributed by atoms with Crippen molar-refractivity contribution in [1.82, 2.24) is 19.8 Å². The van der Waals surface area contributed by atoms with Crippen LogP contribution in [0.3, 0.4) is 0 Å². The number of halogens is 4. The topological polar surface area (TPSA) is 191 Å². The monoisotopic (exact) mass is 1030 g/mol. The van der Waals surface area contributed by atoms with E-state index in [0.29, 0.717) is 42.6 Å². The van der Waals surface area contributed by atoms with Crippen LogP contribution in [-0.4, -0.2) is 88.1 Å². The van der Waals surface area contributed by atoms with Crippen molar-refractivity contribution < 1.29 is 37.8 Å². The molecule has 2 atom stereocenters. The molecule has 6 rings (SSSR count). The molecular formula is C50H54Cl2F2N8O6S2. The predicted octanol–water partition coefficient (Wildman–Crippen LogP) is 11.3. The second-order valence-corrected chi connectivity index (χ2v) is 15.8. The Kier molecular flexibility index (Phi) is 26.3. The first-order valence-electron chi connectivity index (χ1n) is 21.1. The molecule has 4 aromatic carbocycles. The number of carbonyl (C=O) groups excluding carboxylic acids is 4. The highest BCUT2D eigenvalue weighted by atomic mass is 35.5. The fourth-order valence-electron chi connectivity index (χ4n) is 6.56. The van der Waals surface area contributed by atoms with Gasteiger partial charge in [0.25, 0.3) is 5.91 Å². The molecule has 0 aliphatic rings. The molecule has 6 aromatic rings. The maximum Gasteiger partial charge on any atom is 0.412 e. The minimum Gasteiger partial charge on any atom is -0.447 e. The summed E-state index contributed by atoms with van der Waals surface area (Å²) in [7, 11) is 3.27. The summed E-state index contributed by atoms with van der Waals surface area (Å²) in [6.07, 6.45) is 7.88. The number of hydrogen-bond donors (Lipinski definition) is 2. The lowest BCUT2D eigenvalue weighted by Gasteiger charge is -2.27. The van der Waals surface area contributed by atoms with Gasteiger partial charge in [-0.1, -0.05) is 108 Å². The van der Waals surface area contributed by atoms with Gasteiger partial charge in [-0.25, -0.2) is 18.6 Å². The second-order valence-electron chi connectivity index (χ2n) is 15.0. The van der Waals surface area contributed by atoms with Crippen molar-refractivity contribution in [3.63, 3.8) is 0 Å². The normalized spacial score (nSPS) is 11.0. The minimum absolute atomic E-state index is 0. The van der Waals surface area contributed by atoms with E-state index >= 15 is 0 Å². The zero-order valence-corrected chi connectivity index (χ0v) is 41.9. The Morgan fingerprint density at radius 1 is 0.757 bits per heavy atom. The Morgan fingerprint density at radius 2 is 1.23 bits per heavy atom. The number of aliphatic hydroxyl groups excluding tert-OH is 1. The molecule has 2 heterocycles. The van der Waals surface area contributed by atoms with Crippen molar-refractivity contribution in [1.29, 1.82) is 0 Å². The summed E-state index contributed by atoms with van der Waals surface area (Å²) >= 11 is 11.8. The number of nitrogens with zero attached hydrogens (tertiary/aromatic N) is 7. The van der Waals surface area contributed by atoms with E-state index < -0.39 is 29.7 Å². The van der Waals surface area contributed by atoms with E-state index in [1.54, 1.807) is 75.0 Å². The zero-order valence-electron chi connectivity index (χ0n) is 38.4. The molecule has 20 heteroatoms. The Balaban J connectivity index is 0.000000387. The molecule has 0 fully saturated rings. The van der Waals surface area contributed by atoms with Gasteiger partial charge in [0.1, 0.15) is 29.8 Å². The summed E-state index contributed by atoms with van der Waals surface area (Å²) in [6.45, 7) is 7.18. The molecule has 70 heavy (non-hydrogen) atoms. The highest BCUT2D eigenvalue weighted by molar-refractivity contribution is 7.59. The molecule has 0 radical (unpaired) electrons. The summed E-state index contributed by atoms with van der Waals surface area (Å²) in [5.41, 5.74) is 9.46. The fourth-order valence-corrected chi connectivity index (χ4v) is 7.00. The summed E-state index contributed by atoms with van der Waals surface area (Å²) in [5.74, 6) is -1.59. The third kappa shape index (κ3) is 18.1. The number of aryl methyl sites for hydroxylation is 2. The Labute approximate surface area is 428 Å².